The first-order valence-electron chi connectivity index (χ1n) is 6.88. The number of aliphatic hydroxyl groups excluding tert-OH is 1. The van der Waals surface area contributed by atoms with E-state index in [9.17, 15) is 5.11 Å². The molecule has 0 aromatic carbocycles. The van der Waals surface area contributed by atoms with Gasteiger partial charge in [-0.3, -0.25) is 0 Å². The summed E-state index contributed by atoms with van der Waals surface area (Å²) >= 11 is 2.03. The van der Waals surface area contributed by atoms with Crippen molar-refractivity contribution in [2.45, 2.75) is 44.1 Å². The van der Waals surface area contributed by atoms with Crippen LogP contribution in [-0.4, -0.2) is 61.2 Å². The average Bonchev–Trinajstić information content (AvgIpc) is 2.81. The van der Waals surface area contributed by atoms with Gasteiger partial charge in [0, 0.05) is 18.3 Å². The Morgan fingerprint density at radius 1 is 1.39 bits per heavy atom. The highest BCUT2D eigenvalue weighted by Crippen LogP contribution is 2.25. The van der Waals surface area contributed by atoms with Crippen molar-refractivity contribution >= 4 is 11.8 Å². The molecule has 0 spiro atoms. The quantitative estimate of drug-likeness (QED) is 0.589. The minimum Gasteiger partial charge on any atom is -0.389 e. The summed E-state index contributed by atoms with van der Waals surface area (Å²) in [4.78, 5) is 0. The molecule has 1 rings (SSSR count). The third-order valence-electron chi connectivity index (χ3n) is 2.77. The van der Waals surface area contributed by atoms with Gasteiger partial charge in [-0.15, -0.1) is 0 Å². The van der Waals surface area contributed by atoms with Gasteiger partial charge >= 0.3 is 0 Å². The summed E-state index contributed by atoms with van der Waals surface area (Å²) in [7, 11) is 0. The molecule has 5 heteroatoms. The predicted molar refractivity (Wildman–Crippen MR) is 76.3 cm³/mol. The van der Waals surface area contributed by atoms with Crippen LogP contribution in [-0.2, 0) is 9.47 Å². The Morgan fingerprint density at radius 3 is 2.89 bits per heavy atom. The molecule has 2 N–H and O–H groups in total. The van der Waals surface area contributed by atoms with Gasteiger partial charge in [0.25, 0.3) is 0 Å². The SMILES string of the molecule is CC(C)OCCOCC(O)CNCC1CCCS1. The van der Waals surface area contributed by atoms with Crippen LogP contribution in [0.2, 0.25) is 0 Å². The second-order valence-corrected chi connectivity index (χ2v) is 6.35. The van der Waals surface area contributed by atoms with Gasteiger partial charge < -0.3 is 19.9 Å². The molecule has 0 aliphatic carbocycles. The van der Waals surface area contributed by atoms with Crippen LogP contribution >= 0.6 is 11.8 Å². The predicted octanol–water partition coefficient (Wildman–Crippen LogP) is 1.27. The number of thioether (sulfide) groups is 1. The molecule has 0 amide bonds. The maximum atomic E-state index is 9.70. The zero-order valence-corrected chi connectivity index (χ0v) is 12.4. The van der Waals surface area contributed by atoms with Crippen LogP contribution in [0.1, 0.15) is 26.7 Å². The number of hydrogen-bond acceptors (Lipinski definition) is 5. The molecule has 0 aromatic rings. The molecule has 1 aliphatic heterocycles. The first-order chi connectivity index (χ1) is 8.68. The van der Waals surface area contributed by atoms with Crippen LogP contribution in [0.4, 0.5) is 0 Å². The molecule has 0 bridgehead atoms. The summed E-state index contributed by atoms with van der Waals surface area (Å²) in [5.41, 5.74) is 0. The highest BCUT2D eigenvalue weighted by molar-refractivity contribution is 8.00. The van der Waals surface area contributed by atoms with Gasteiger partial charge in [-0.1, -0.05) is 0 Å². The van der Waals surface area contributed by atoms with E-state index in [0.717, 1.165) is 11.8 Å². The fraction of sp³-hybridized carbons (Fsp3) is 1.00. The van der Waals surface area contributed by atoms with Crippen molar-refractivity contribution in [2.24, 2.45) is 0 Å². The molecule has 0 radical (unpaired) electrons. The number of rotatable bonds is 10. The molecule has 1 saturated heterocycles. The number of hydrogen-bond donors (Lipinski definition) is 2. The van der Waals surface area contributed by atoms with Crippen molar-refractivity contribution in [2.75, 3.05) is 38.7 Å². The maximum Gasteiger partial charge on any atom is 0.0897 e. The smallest absolute Gasteiger partial charge is 0.0897 e. The third kappa shape index (κ3) is 8.32. The van der Waals surface area contributed by atoms with E-state index in [1.807, 2.05) is 25.6 Å². The second-order valence-electron chi connectivity index (χ2n) is 4.94. The van der Waals surface area contributed by atoms with Crippen molar-refractivity contribution in [1.29, 1.82) is 0 Å². The van der Waals surface area contributed by atoms with Crippen LogP contribution < -0.4 is 5.32 Å². The molecule has 2 unspecified atom stereocenters. The van der Waals surface area contributed by atoms with Crippen molar-refractivity contribution in [1.82, 2.24) is 5.32 Å². The number of ether oxygens (including phenoxy) is 2. The van der Waals surface area contributed by atoms with Gasteiger partial charge in [-0.2, -0.15) is 11.8 Å². The van der Waals surface area contributed by atoms with Crippen LogP contribution in [0.15, 0.2) is 0 Å². The van der Waals surface area contributed by atoms with Crippen molar-refractivity contribution in [3.63, 3.8) is 0 Å². The van der Waals surface area contributed by atoms with Gasteiger partial charge in [0.2, 0.25) is 0 Å². The third-order valence-corrected chi connectivity index (χ3v) is 4.16. The number of nitrogens with one attached hydrogen (secondary N) is 1. The Kier molecular flexibility index (Phi) is 9.06. The minimum absolute atomic E-state index is 0.240. The summed E-state index contributed by atoms with van der Waals surface area (Å²) in [6.07, 6.45) is 2.45. The molecule has 0 saturated carbocycles. The first-order valence-corrected chi connectivity index (χ1v) is 7.93. The van der Waals surface area contributed by atoms with Crippen molar-refractivity contribution in [3.05, 3.63) is 0 Å². The highest BCUT2D eigenvalue weighted by Gasteiger charge is 2.15. The lowest BCUT2D eigenvalue weighted by atomic mass is 10.2. The fourth-order valence-corrected chi connectivity index (χ4v) is 3.07. The Bertz CT molecular complexity index is 199. The maximum absolute atomic E-state index is 9.70. The van der Waals surface area contributed by atoms with Crippen LogP contribution in [0.3, 0.4) is 0 Å². The zero-order chi connectivity index (χ0) is 13.2. The summed E-state index contributed by atoms with van der Waals surface area (Å²) in [5.74, 6) is 1.29. The lowest BCUT2D eigenvalue weighted by Crippen LogP contribution is -2.34. The molecular weight excluding hydrogens is 250 g/mol. The van der Waals surface area contributed by atoms with E-state index in [0.29, 0.717) is 26.4 Å². The van der Waals surface area contributed by atoms with Gasteiger partial charge in [0.1, 0.15) is 0 Å². The summed E-state index contributed by atoms with van der Waals surface area (Å²) in [6, 6.07) is 0. The van der Waals surface area contributed by atoms with Gasteiger partial charge in [-0.05, 0) is 32.4 Å². The zero-order valence-electron chi connectivity index (χ0n) is 11.6. The molecule has 18 heavy (non-hydrogen) atoms. The molecule has 1 heterocycles. The summed E-state index contributed by atoms with van der Waals surface area (Å²) in [5, 5.41) is 13.7. The van der Waals surface area contributed by atoms with E-state index in [-0.39, 0.29) is 6.10 Å². The number of aliphatic hydroxyl groups is 1. The van der Waals surface area contributed by atoms with Crippen LogP contribution in [0.25, 0.3) is 0 Å². The van der Waals surface area contributed by atoms with Gasteiger partial charge in [0.15, 0.2) is 0 Å². The average molecular weight is 277 g/mol. The normalized spacial score (nSPS) is 21.7. The van der Waals surface area contributed by atoms with E-state index in [4.69, 9.17) is 9.47 Å². The summed E-state index contributed by atoms with van der Waals surface area (Å²) in [6.45, 7) is 7.14. The molecule has 108 valence electrons. The van der Waals surface area contributed by atoms with Crippen LogP contribution in [0, 0.1) is 0 Å². The first kappa shape index (κ1) is 16.2. The summed E-state index contributed by atoms with van der Waals surface area (Å²) < 4.78 is 10.7. The van der Waals surface area contributed by atoms with E-state index in [1.165, 1.54) is 18.6 Å². The topological polar surface area (TPSA) is 50.7 Å². The molecular formula is C13H27NO3S. The fourth-order valence-electron chi connectivity index (χ4n) is 1.84. The van der Waals surface area contributed by atoms with E-state index in [2.05, 4.69) is 5.32 Å². The van der Waals surface area contributed by atoms with E-state index < -0.39 is 6.10 Å². The Hall–Kier alpha value is 0.190. The second kappa shape index (κ2) is 10.0. The molecule has 4 nitrogen and oxygen atoms in total. The lowest BCUT2D eigenvalue weighted by Gasteiger charge is -2.15. The van der Waals surface area contributed by atoms with E-state index >= 15 is 0 Å². The van der Waals surface area contributed by atoms with E-state index in [1.54, 1.807) is 0 Å². The Balaban J connectivity index is 1.85. The van der Waals surface area contributed by atoms with Gasteiger partial charge in [-0.25, -0.2) is 0 Å². The molecule has 2 atom stereocenters. The van der Waals surface area contributed by atoms with Crippen molar-refractivity contribution < 1.29 is 14.6 Å². The monoisotopic (exact) mass is 277 g/mol. The highest BCUT2D eigenvalue weighted by atomic mass is 32.2. The van der Waals surface area contributed by atoms with Crippen LogP contribution in [0.5, 0.6) is 0 Å². The molecule has 1 aliphatic rings. The largest absolute Gasteiger partial charge is 0.389 e. The lowest BCUT2D eigenvalue weighted by molar-refractivity contribution is -0.00989. The molecule has 0 aromatic heterocycles. The minimum atomic E-state index is -0.421. The Morgan fingerprint density at radius 2 is 2.22 bits per heavy atom. The van der Waals surface area contributed by atoms with Gasteiger partial charge in [0.05, 0.1) is 32.0 Å². The Labute approximate surface area is 115 Å². The van der Waals surface area contributed by atoms with Crippen molar-refractivity contribution in [3.8, 4) is 0 Å². The standard InChI is InChI=1S/C13H27NO3S/c1-11(2)17-6-5-16-10-12(15)8-14-9-13-4-3-7-18-13/h11-15H,3-10H2,1-2H3. The molecule has 1 fully saturated rings.